The molecule has 0 amide bonds. The molecule has 0 radical (unpaired) electrons. The molecule has 4 nitrogen and oxygen atoms in total. The van der Waals surface area contributed by atoms with Crippen molar-refractivity contribution in [3.8, 4) is 5.75 Å². The van der Waals surface area contributed by atoms with Gasteiger partial charge in [0.05, 0.1) is 14.1 Å². The maximum atomic E-state index is 12.9. The number of rotatable bonds is 16. The highest BCUT2D eigenvalue weighted by molar-refractivity contribution is 5.74. The number of hydrogen-bond acceptors (Lipinski definition) is 3. The van der Waals surface area contributed by atoms with E-state index in [1.54, 1.807) is 0 Å². The number of nitrogens with zero attached hydrogens (tertiary/aromatic N) is 1. The standard InChI is InChI=1S/C30H46NO3/c1-6-8-9-10-11-12-14-17-26-20-22-28(23-21-26)33-29(7-2)34-30(32)25(3)31(4,5)24-27-18-15-13-16-19-27/h13,15-16,18-23,25,29H,6-12,14,17,24H2,1-5H3/q+1. The zero-order valence-corrected chi connectivity index (χ0v) is 22.1. The van der Waals surface area contributed by atoms with E-state index in [0.29, 0.717) is 10.9 Å². The number of quaternary nitrogens is 1. The van der Waals surface area contributed by atoms with E-state index in [0.717, 1.165) is 18.7 Å². The molecule has 2 rings (SSSR count). The van der Waals surface area contributed by atoms with Gasteiger partial charge in [-0.15, -0.1) is 0 Å². The molecule has 0 fully saturated rings. The average Bonchev–Trinajstić information content (AvgIpc) is 2.83. The molecule has 4 heteroatoms. The molecule has 0 aromatic heterocycles. The summed E-state index contributed by atoms with van der Waals surface area (Å²) < 4.78 is 12.3. The summed E-state index contributed by atoms with van der Waals surface area (Å²) in [5.74, 6) is 0.511. The van der Waals surface area contributed by atoms with Crippen LogP contribution in [0.3, 0.4) is 0 Å². The summed E-state index contributed by atoms with van der Waals surface area (Å²) in [5.41, 5.74) is 2.53. The van der Waals surface area contributed by atoms with Crippen molar-refractivity contribution < 1.29 is 18.8 Å². The van der Waals surface area contributed by atoms with Gasteiger partial charge in [0.2, 0.25) is 6.29 Å². The van der Waals surface area contributed by atoms with Gasteiger partial charge in [0.1, 0.15) is 12.3 Å². The normalized spacial score (nSPS) is 13.3. The van der Waals surface area contributed by atoms with Crippen LogP contribution >= 0.6 is 0 Å². The quantitative estimate of drug-likeness (QED) is 0.112. The van der Waals surface area contributed by atoms with Crippen molar-refractivity contribution in [2.75, 3.05) is 14.1 Å². The second-order valence-corrected chi connectivity index (χ2v) is 10.0. The van der Waals surface area contributed by atoms with E-state index >= 15 is 0 Å². The van der Waals surface area contributed by atoms with E-state index in [-0.39, 0.29) is 12.0 Å². The highest BCUT2D eigenvalue weighted by atomic mass is 16.7. The highest BCUT2D eigenvalue weighted by Crippen LogP contribution is 2.20. The lowest BCUT2D eigenvalue weighted by atomic mass is 10.0. The average molecular weight is 469 g/mol. The van der Waals surface area contributed by atoms with E-state index in [2.05, 4.69) is 45.3 Å². The molecule has 2 atom stereocenters. The third-order valence-electron chi connectivity index (χ3n) is 6.66. The smallest absolute Gasteiger partial charge is 0.367 e. The molecular formula is C30H46NO3+. The van der Waals surface area contributed by atoms with Gasteiger partial charge in [0.15, 0.2) is 6.04 Å². The topological polar surface area (TPSA) is 35.5 Å². The first-order valence-corrected chi connectivity index (χ1v) is 13.2. The third-order valence-corrected chi connectivity index (χ3v) is 6.66. The Labute approximate surface area is 207 Å². The van der Waals surface area contributed by atoms with Crippen molar-refractivity contribution in [3.63, 3.8) is 0 Å². The molecule has 0 saturated heterocycles. The predicted molar refractivity (Wildman–Crippen MR) is 141 cm³/mol. The van der Waals surface area contributed by atoms with Crippen LogP contribution in [0.15, 0.2) is 54.6 Å². The second-order valence-electron chi connectivity index (χ2n) is 10.0. The number of unbranched alkanes of at least 4 members (excludes halogenated alkanes) is 6. The number of ether oxygens (including phenoxy) is 2. The molecule has 0 aliphatic rings. The summed E-state index contributed by atoms with van der Waals surface area (Å²) in [7, 11) is 4.12. The molecule has 0 bridgehead atoms. The summed E-state index contributed by atoms with van der Waals surface area (Å²) in [6.07, 6.45) is 10.4. The Morgan fingerprint density at radius 1 is 0.824 bits per heavy atom. The molecule has 2 unspecified atom stereocenters. The SMILES string of the molecule is CCCCCCCCCc1ccc(OC(CC)OC(=O)C(C)[N+](C)(C)Cc2ccccc2)cc1. The summed E-state index contributed by atoms with van der Waals surface area (Å²) >= 11 is 0. The molecule has 2 aromatic carbocycles. The van der Waals surface area contributed by atoms with Crippen molar-refractivity contribution in [1.29, 1.82) is 0 Å². The zero-order chi connectivity index (χ0) is 24.8. The van der Waals surface area contributed by atoms with Gasteiger partial charge in [-0.3, -0.25) is 0 Å². The Kier molecular flexibility index (Phi) is 12.2. The Hall–Kier alpha value is -2.33. The van der Waals surface area contributed by atoms with Gasteiger partial charge < -0.3 is 14.0 Å². The van der Waals surface area contributed by atoms with E-state index in [1.165, 1.54) is 56.1 Å². The number of benzene rings is 2. The summed E-state index contributed by atoms with van der Waals surface area (Å²) in [6, 6.07) is 18.2. The molecule has 0 heterocycles. The fraction of sp³-hybridized carbons (Fsp3) is 0.567. The summed E-state index contributed by atoms with van der Waals surface area (Å²) in [6.45, 7) is 6.92. The lowest BCUT2D eigenvalue weighted by molar-refractivity contribution is -0.917. The molecular weight excluding hydrogens is 422 g/mol. The van der Waals surface area contributed by atoms with Crippen molar-refractivity contribution >= 4 is 5.97 Å². The van der Waals surface area contributed by atoms with Crippen LogP contribution in [0.1, 0.15) is 83.3 Å². The van der Waals surface area contributed by atoms with E-state index in [9.17, 15) is 4.79 Å². The maximum absolute atomic E-state index is 12.9. The molecule has 0 spiro atoms. The van der Waals surface area contributed by atoms with Crippen LogP contribution in [0, 0.1) is 0 Å². The van der Waals surface area contributed by atoms with Crippen LogP contribution in [-0.2, 0) is 22.5 Å². The molecule has 0 aliphatic carbocycles. The Balaban J connectivity index is 1.79. The largest absolute Gasteiger partial charge is 0.455 e. The molecule has 34 heavy (non-hydrogen) atoms. The first-order chi connectivity index (χ1) is 16.4. The maximum Gasteiger partial charge on any atom is 0.367 e. The van der Waals surface area contributed by atoms with E-state index < -0.39 is 6.29 Å². The first-order valence-electron chi connectivity index (χ1n) is 13.2. The minimum absolute atomic E-state index is 0.233. The van der Waals surface area contributed by atoms with Gasteiger partial charge in [-0.1, -0.05) is 94.8 Å². The zero-order valence-electron chi connectivity index (χ0n) is 22.1. The molecule has 2 aromatic rings. The molecule has 0 saturated carbocycles. The molecule has 0 N–H and O–H groups in total. The van der Waals surface area contributed by atoms with E-state index in [1.807, 2.05) is 44.2 Å². The highest BCUT2D eigenvalue weighted by Gasteiger charge is 2.33. The van der Waals surface area contributed by atoms with Crippen molar-refractivity contribution in [3.05, 3.63) is 65.7 Å². The van der Waals surface area contributed by atoms with Crippen LogP contribution in [0.25, 0.3) is 0 Å². The van der Waals surface area contributed by atoms with Crippen LogP contribution < -0.4 is 4.74 Å². The lowest BCUT2D eigenvalue weighted by Crippen LogP contribution is -2.52. The van der Waals surface area contributed by atoms with Crippen LogP contribution in [0.2, 0.25) is 0 Å². The minimum atomic E-state index is -0.583. The Morgan fingerprint density at radius 3 is 2.06 bits per heavy atom. The van der Waals surface area contributed by atoms with Gasteiger partial charge in [-0.25, -0.2) is 4.79 Å². The second kappa shape index (κ2) is 14.8. The van der Waals surface area contributed by atoms with Crippen molar-refractivity contribution in [1.82, 2.24) is 0 Å². The van der Waals surface area contributed by atoms with E-state index in [4.69, 9.17) is 9.47 Å². The molecule has 0 aliphatic heterocycles. The summed E-state index contributed by atoms with van der Waals surface area (Å²) in [5, 5.41) is 0. The van der Waals surface area contributed by atoms with Gasteiger partial charge >= 0.3 is 5.97 Å². The van der Waals surface area contributed by atoms with Crippen molar-refractivity contribution in [2.24, 2.45) is 0 Å². The van der Waals surface area contributed by atoms with Crippen LogP contribution in [0.4, 0.5) is 0 Å². The molecule has 188 valence electrons. The Morgan fingerprint density at radius 2 is 1.44 bits per heavy atom. The fourth-order valence-corrected chi connectivity index (χ4v) is 4.07. The number of hydrogen-bond donors (Lipinski definition) is 0. The van der Waals surface area contributed by atoms with Gasteiger partial charge in [0, 0.05) is 12.0 Å². The van der Waals surface area contributed by atoms with Crippen LogP contribution in [-0.4, -0.2) is 36.9 Å². The summed E-state index contributed by atoms with van der Waals surface area (Å²) in [4.78, 5) is 12.9. The fourth-order valence-electron chi connectivity index (χ4n) is 4.07. The number of likely N-dealkylation sites (N-methyl/N-ethyl adjacent to an activating group) is 1. The number of aryl methyl sites for hydroxylation is 1. The minimum Gasteiger partial charge on any atom is -0.455 e. The number of carbonyl (C=O) groups excluding carboxylic acids is 1. The monoisotopic (exact) mass is 468 g/mol. The lowest BCUT2D eigenvalue weighted by Gasteiger charge is -2.35. The van der Waals surface area contributed by atoms with Crippen molar-refractivity contribution in [2.45, 2.75) is 97.4 Å². The Bertz CT molecular complexity index is 817. The van der Waals surface area contributed by atoms with Gasteiger partial charge in [-0.05, 0) is 37.5 Å². The number of carbonyl (C=O) groups is 1. The van der Waals surface area contributed by atoms with Gasteiger partial charge in [-0.2, -0.15) is 0 Å². The van der Waals surface area contributed by atoms with Crippen LogP contribution in [0.5, 0.6) is 5.75 Å². The predicted octanol–water partition coefficient (Wildman–Crippen LogP) is 7.30. The van der Waals surface area contributed by atoms with Gasteiger partial charge in [0.25, 0.3) is 0 Å². The third kappa shape index (κ3) is 9.89. The number of esters is 1. The first kappa shape index (κ1) is 27.9.